The highest BCUT2D eigenvalue weighted by atomic mass is 31.0. The largest absolute Gasteiger partial charge is 0.131 e. The van der Waals surface area contributed by atoms with Crippen LogP contribution >= 0.6 is 9.24 Å². The molecule has 258 valence electrons. The van der Waals surface area contributed by atoms with E-state index in [9.17, 15) is 0 Å². The molecule has 0 aromatic heterocycles. The Kier molecular flexibility index (Phi) is 37.8. The normalized spacial score (nSPS) is 4.70. The van der Waals surface area contributed by atoms with Gasteiger partial charge in [0.2, 0.25) is 0 Å². The lowest BCUT2D eigenvalue weighted by molar-refractivity contribution is 1.76. The van der Waals surface area contributed by atoms with Gasteiger partial charge in [-0.2, -0.15) is 0 Å². The van der Waals surface area contributed by atoms with Gasteiger partial charge in [-0.15, -0.1) is 15.7 Å². The van der Waals surface area contributed by atoms with Crippen LogP contribution in [0, 0.1) is 356 Å². The molecule has 63 heavy (non-hydrogen) atoms. The molecule has 0 saturated carbocycles. The van der Waals surface area contributed by atoms with Gasteiger partial charge in [0, 0.05) is 254 Å². The predicted octanol–water partition coefficient (Wildman–Crippen LogP) is -0.448. The average Bonchev–Trinajstić information content (AvgIpc) is 3.28. The van der Waals surface area contributed by atoms with Crippen LogP contribution in [0.3, 0.4) is 0 Å². The van der Waals surface area contributed by atoms with Gasteiger partial charge in [-0.25, -0.2) is 0 Å². The molecule has 0 N–H and O–H groups in total. The molecular formula is C61H6BP. The fourth-order valence-corrected chi connectivity index (χ4v) is 1.99. The molecule has 2 heteroatoms. The number of hydrogen-bond acceptors (Lipinski definition) is 0. The van der Waals surface area contributed by atoms with Crippen LogP contribution in [-0.4, -0.2) is 13.4 Å². The topological polar surface area (TPSA) is 0 Å². The first-order valence-corrected chi connectivity index (χ1v) is 16.7. The summed E-state index contributed by atoms with van der Waals surface area (Å²) < 4.78 is 0. The summed E-state index contributed by atoms with van der Waals surface area (Å²) in [6.07, 6.45) is 4.94. The van der Waals surface area contributed by atoms with E-state index < -0.39 is 0 Å². The molecule has 0 radical (unpaired) electrons. The van der Waals surface area contributed by atoms with Crippen LogP contribution in [0.2, 0.25) is 0 Å². The third kappa shape index (κ3) is 49.3. The van der Waals surface area contributed by atoms with Gasteiger partial charge < -0.3 is 0 Å². The lowest BCUT2D eigenvalue weighted by Crippen LogP contribution is -1.87. The van der Waals surface area contributed by atoms with Crippen LogP contribution in [0.15, 0.2) is 0 Å². The van der Waals surface area contributed by atoms with E-state index in [4.69, 9.17) is 6.42 Å². The molecule has 0 fully saturated rings. The van der Waals surface area contributed by atoms with Crippen molar-refractivity contribution in [2.45, 2.75) is 5.56 Å². The zero-order valence-corrected chi connectivity index (χ0v) is 33.4. The Morgan fingerprint density at radius 2 is 0.286 bits per heavy atom. The third-order valence-corrected chi connectivity index (χ3v) is 4.04. The second-order valence-electron chi connectivity index (χ2n) is 8.20. The summed E-state index contributed by atoms with van der Waals surface area (Å²) in [6.45, 7) is 0. The highest BCUT2D eigenvalue weighted by Gasteiger charge is 1.78. The maximum absolute atomic E-state index is 4.94. The Balaban J connectivity index is 4.59. The Morgan fingerprint density at radius 3 is 0.381 bits per heavy atom. The molecular weight excluding hydrogens is 774 g/mol. The first-order valence-electron chi connectivity index (χ1n) is 16.0. The van der Waals surface area contributed by atoms with Crippen molar-refractivity contribution in [1.29, 1.82) is 0 Å². The monoisotopic (exact) mass is 780 g/mol. The summed E-state index contributed by atoms with van der Waals surface area (Å²) in [7, 11) is 4.50. The van der Waals surface area contributed by atoms with Crippen LogP contribution in [0.1, 0.15) is 0 Å². The molecule has 0 aliphatic rings. The molecule has 0 heterocycles. The Morgan fingerprint density at radius 1 is 0.190 bits per heavy atom. The minimum absolute atomic E-state index is 0.183. The number of hydrogen-bond donors (Lipinski definition) is 0. The summed E-state index contributed by atoms with van der Waals surface area (Å²) in [5.74, 6) is 148. The van der Waals surface area contributed by atoms with Crippen molar-refractivity contribution < 1.29 is 0 Å². The molecule has 0 aromatic carbocycles. The first kappa shape index (κ1) is 50.3. The van der Waals surface area contributed by atoms with E-state index in [1.807, 2.05) is 7.85 Å². The average molecular weight is 781 g/mol. The van der Waals surface area contributed by atoms with Gasteiger partial charge in [-0.1, -0.05) is 5.92 Å². The number of rotatable bonds is 0. The Bertz CT molecular complexity index is 3950. The third-order valence-electron chi connectivity index (χ3n) is 3.87. The van der Waals surface area contributed by atoms with Crippen molar-refractivity contribution in [3.8, 4) is 356 Å². The molecule has 2 unspecified atom stereocenters. The molecule has 0 rings (SSSR count). The first-order chi connectivity index (χ1) is 31.3. The predicted molar refractivity (Wildman–Crippen MR) is 256 cm³/mol. The van der Waals surface area contributed by atoms with Crippen molar-refractivity contribution in [2.24, 2.45) is 0 Å². The lowest BCUT2D eigenvalue weighted by atomic mass is 10.1. The molecule has 0 spiro atoms. The van der Waals surface area contributed by atoms with E-state index in [2.05, 4.69) is 359 Å². The SMILES string of the molecule is BC(P)C#CC#CC#CC#CC#CC#CC#CC#CC#CC#CC#CC#CC#CC#CC#CC#CC#CC#CC#CC#CC#CC#CC#CC#CC#CC#CC#CC#CC#CC#C. The summed E-state index contributed by atoms with van der Waals surface area (Å²) >= 11 is 0. The van der Waals surface area contributed by atoms with Gasteiger partial charge in [0.1, 0.15) is 7.85 Å². The quantitative estimate of drug-likeness (QED) is 0.178. The van der Waals surface area contributed by atoms with E-state index >= 15 is 0 Å². The molecule has 0 saturated heterocycles. The summed E-state index contributed by atoms with van der Waals surface area (Å²) in [5.41, 5.74) is 0.183. The van der Waals surface area contributed by atoms with Gasteiger partial charge in [0.25, 0.3) is 0 Å². The Hall–Kier alpha value is -12.7. The van der Waals surface area contributed by atoms with E-state index in [1.165, 1.54) is 0 Å². The lowest BCUT2D eigenvalue weighted by Gasteiger charge is -1.81. The standard InChI is InChI=1S/C61H6BP/c1-2-3-4-5-6-7-8-9-10-11-12-13-14-15-16-17-18-19-20-21-22-23-24-25-26-27-28-29-30-31-32-33-34-35-36-37-38-39-40-41-42-43-44-45-46-47-48-49-50-51-52-53-54-55-56-57-58-59-60-61(62)63/h1,61H,62-63H2. The van der Waals surface area contributed by atoms with Gasteiger partial charge >= 0.3 is 0 Å². The van der Waals surface area contributed by atoms with Gasteiger partial charge in [0.15, 0.2) is 0 Å². The van der Waals surface area contributed by atoms with Gasteiger partial charge in [-0.05, 0) is 94.7 Å². The van der Waals surface area contributed by atoms with Crippen LogP contribution in [0.5, 0.6) is 0 Å². The van der Waals surface area contributed by atoms with E-state index in [0.717, 1.165) is 0 Å². The highest BCUT2D eigenvalue weighted by Crippen LogP contribution is 1.87. The zero-order chi connectivity index (χ0) is 45.3. The van der Waals surface area contributed by atoms with Crippen LogP contribution in [0.25, 0.3) is 0 Å². The van der Waals surface area contributed by atoms with Gasteiger partial charge in [-0.3, -0.25) is 0 Å². The summed E-state index contributed by atoms with van der Waals surface area (Å²) in [5, 5.41) is 0. The maximum atomic E-state index is 4.94. The molecule has 0 aromatic rings. The van der Waals surface area contributed by atoms with Crippen molar-refractivity contribution >= 4 is 17.1 Å². The van der Waals surface area contributed by atoms with Crippen molar-refractivity contribution in [2.75, 3.05) is 0 Å². The minimum Gasteiger partial charge on any atom is -0.131 e. The van der Waals surface area contributed by atoms with Crippen LogP contribution < -0.4 is 0 Å². The van der Waals surface area contributed by atoms with E-state index in [0.29, 0.717) is 0 Å². The van der Waals surface area contributed by atoms with E-state index in [-0.39, 0.29) is 5.56 Å². The van der Waals surface area contributed by atoms with Crippen molar-refractivity contribution in [3.05, 3.63) is 0 Å². The summed E-state index contributed by atoms with van der Waals surface area (Å²) in [6, 6.07) is 0. The zero-order valence-electron chi connectivity index (χ0n) is 32.2. The second kappa shape index (κ2) is 47.3. The Labute approximate surface area is 376 Å². The molecule has 0 nitrogen and oxygen atoms in total. The molecule has 2 atom stereocenters. The fraction of sp³-hybridized carbons (Fsp3) is 0.0164. The number of terminal acetylenes is 1. The molecule has 0 bridgehead atoms. The smallest absolute Gasteiger partial charge is 0.126 e. The summed E-state index contributed by atoms with van der Waals surface area (Å²) in [4.78, 5) is 0. The van der Waals surface area contributed by atoms with E-state index in [1.54, 1.807) is 0 Å². The molecule has 0 aliphatic carbocycles. The van der Waals surface area contributed by atoms with Crippen LogP contribution in [-0.2, 0) is 0 Å². The molecule has 0 amide bonds. The van der Waals surface area contributed by atoms with Crippen LogP contribution in [0.4, 0.5) is 0 Å². The second-order valence-corrected chi connectivity index (χ2v) is 9.20. The van der Waals surface area contributed by atoms with Crippen molar-refractivity contribution in [1.82, 2.24) is 0 Å². The van der Waals surface area contributed by atoms with Gasteiger partial charge in [0.05, 0.1) is 0 Å². The highest BCUT2D eigenvalue weighted by molar-refractivity contribution is 7.21. The molecule has 0 aliphatic heterocycles. The van der Waals surface area contributed by atoms with Crippen molar-refractivity contribution in [3.63, 3.8) is 0 Å². The minimum atomic E-state index is 0.183. The fourth-order valence-electron chi connectivity index (χ4n) is 1.90. The maximum Gasteiger partial charge on any atom is 0.126 e.